The quantitative estimate of drug-likeness (QED) is 0.485. The second-order valence-electron chi connectivity index (χ2n) is 2.69. The predicted octanol–water partition coefficient (Wildman–Crippen LogP) is 1.35. The van der Waals surface area contributed by atoms with Gasteiger partial charge in [0.15, 0.2) is 0 Å². The molecule has 2 rings (SSSR count). The molecule has 82 valence electrons. The molecule has 0 aromatic carbocycles. The summed E-state index contributed by atoms with van der Waals surface area (Å²) in [5, 5.41) is 0. The molecule has 0 aromatic heterocycles. The van der Waals surface area contributed by atoms with Crippen molar-refractivity contribution >= 4 is 20.4 Å². The molecule has 2 aliphatic rings. The van der Waals surface area contributed by atoms with Crippen molar-refractivity contribution in [1.29, 1.82) is 0 Å². The zero-order chi connectivity index (χ0) is 13.0. The van der Waals surface area contributed by atoms with Crippen LogP contribution in [0.3, 0.4) is 0 Å². The predicted molar refractivity (Wildman–Crippen MR) is 55.4 cm³/mol. The minimum atomic E-state index is 0.521. The summed E-state index contributed by atoms with van der Waals surface area (Å²) >= 11 is 3.60. The van der Waals surface area contributed by atoms with E-state index >= 15 is 0 Å². The Bertz CT molecular complexity index is 277. The van der Waals surface area contributed by atoms with Crippen LogP contribution in [0.5, 0.6) is 0 Å². The van der Waals surface area contributed by atoms with E-state index in [2.05, 4.69) is 60.7 Å². The van der Waals surface area contributed by atoms with Gasteiger partial charge < -0.3 is 0 Å². The first-order chi connectivity index (χ1) is 7.88. The first-order valence-corrected chi connectivity index (χ1v) is 4.86. The van der Waals surface area contributed by atoms with E-state index in [0.717, 1.165) is 12.8 Å². The van der Waals surface area contributed by atoms with Crippen LogP contribution in [0.2, 0.25) is 4.82 Å². The van der Waals surface area contributed by atoms with E-state index in [4.69, 9.17) is 14.4 Å². The van der Waals surface area contributed by atoms with Crippen molar-refractivity contribution in [2.45, 2.75) is 17.7 Å². The van der Waals surface area contributed by atoms with Crippen molar-refractivity contribution in [3.8, 4) is 0 Å². The molecule has 4 heteroatoms. The van der Waals surface area contributed by atoms with Crippen LogP contribution < -0.4 is 0 Å². The van der Waals surface area contributed by atoms with Gasteiger partial charge in [-0.1, -0.05) is 0 Å². The summed E-state index contributed by atoms with van der Waals surface area (Å²) in [5.41, 5.74) is 3.08. The molecule has 0 amide bonds. The molecule has 0 aromatic rings. The average Bonchev–Trinajstić information content (AvgIpc) is 2.79. The van der Waals surface area contributed by atoms with Crippen molar-refractivity contribution in [2.24, 2.45) is 0 Å². The standard InChI is InChI=1S/C9H9.3CO.Mn/c1-2-5-9-7-3-6-8(9)4-1;3*1-2;/h1-3,6-7H,4-5H2;;;;. The van der Waals surface area contributed by atoms with Crippen LogP contribution in [0.1, 0.15) is 12.8 Å². The van der Waals surface area contributed by atoms with E-state index in [1.54, 1.807) is 5.57 Å². The van der Waals surface area contributed by atoms with Crippen molar-refractivity contribution in [2.75, 3.05) is 0 Å². The van der Waals surface area contributed by atoms with Gasteiger partial charge in [-0.15, -0.1) is 0 Å². The van der Waals surface area contributed by atoms with E-state index in [1.807, 2.05) is 0 Å². The Hall–Kier alpha value is -1.25. The molecule has 0 fully saturated rings. The summed E-state index contributed by atoms with van der Waals surface area (Å²) in [5.74, 6) is 0. The molecule has 1 atom stereocenters. The van der Waals surface area contributed by atoms with Gasteiger partial charge in [-0.05, 0) is 0 Å². The monoisotopic (exact) mass is 256 g/mol. The number of rotatable bonds is 0. The fourth-order valence-electron chi connectivity index (χ4n) is 1.46. The van der Waals surface area contributed by atoms with Crippen LogP contribution in [0.15, 0.2) is 35.5 Å². The zero-order valence-corrected chi connectivity index (χ0v) is 9.58. The number of carbonyl (C=O) groups excluding carboxylic acids is 3. The van der Waals surface area contributed by atoms with Gasteiger partial charge in [0.1, 0.15) is 0 Å². The summed E-state index contributed by atoms with van der Waals surface area (Å²) in [4.78, 5) is 23.0. The fourth-order valence-corrected chi connectivity index (χ4v) is 1.94. The molecule has 0 heterocycles. The van der Waals surface area contributed by atoms with E-state index in [9.17, 15) is 0 Å². The number of hydrogen-bond acceptors (Lipinski definition) is 3. The Labute approximate surface area is 104 Å². The molecule has 0 spiro atoms. The maximum absolute atomic E-state index is 7.50. The second kappa shape index (κ2) is 11.8. The minimum absolute atomic E-state index is 0.521. The molecule has 1 unspecified atom stereocenters. The SMILES string of the molecule is [C]=O.[C]=O.[C]=O.[Mn][CH]1C=CC2=C1CC=CC2. The van der Waals surface area contributed by atoms with Crippen LogP contribution in [0, 0.1) is 0 Å². The maximum atomic E-state index is 7.50. The third kappa shape index (κ3) is 5.01. The molecule has 0 bridgehead atoms. The van der Waals surface area contributed by atoms with Gasteiger partial charge in [-0.3, -0.25) is 14.4 Å². The van der Waals surface area contributed by atoms with Gasteiger partial charge in [0.05, 0.1) is 0 Å². The average molecular weight is 256 g/mol. The van der Waals surface area contributed by atoms with Gasteiger partial charge >= 0.3 is 69.1 Å². The summed E-state index contributed by atoms with van der Waals surface area (Å²) in [6, 6.07) is 0. The van der Waals surface area contributed by atoms with Crippen molar-refractivity contribution in [3.63, 3.8) is 0 Å². The van der Waals surface area contributed by atoms with Crippen LogP contribution in [0.25, 0.3) is 0 Å². The summed E-state index contributed by atoms with van der Waals surface area (Å²) in [7, 11) is 0. The Morgan fingerprint density at radius 1 is 1.00 bits per heavy atom. The fraction of sp³-hybridized carbons (Fsp3) is 0.250. The summed E-state index contributed by atoms with van der Waals surface area (Å²) in [6.45, 7) is 13.5. The zero-order valence-electron chi connectivity index (χ0n) is 8.40. The Kier molecular flexibility index (Phi) is 12.7. The molecule has 0 saturated carbocycles. The van der Waals surface area contributed by atoms with Crippen molar-refractivity contribution in [3.05, 3.63) is 35.5 Å². The van der Waals surface area contributed by atoms with Crippen LogP contribution in [-0.2, 0) is 30.4 Å². The van der Waals surface area contributed by atoms with Crippen LogP contribution >= 0.6 is 0 Å². The topological polar surface area (TPSA) is 51.2 Å². The van der Waals surface area contributed by atoms with Crippen molar-refractivity contribution < 1.29 is 30.4 Å². The third-order valence-electron chi connectivity index (χ3n) is 2.05. The second-order valence-corrected chi connectivity index (χ2v) is 3.43. The van der Waals surface area contributed by atoms with Crippen LogP contribution in [0.4, 0.5) is 0 Å². The van der Waals surface area contributed by atoms with Gasteiger partial charge in [0.2, 0.25) is 0 Å². The number of allylic oxidation sites excluding steroid dienone is 6. The Balaban J connectivity index is 0. The summed E-state index contributed by atoms with van der Waals surface area (Å²) < 4.78 is 0. The van der Waals surface area contributed by atoms with E-state index in [-0.39, 0.29) is 0 Å². The first kappa shape index (κ1) is 17.2. The van der Waals surface area contributed by atoms with Crippen LogP contribution in [-0.4, -0.2) is 20.4 Å². The normalized spacial score (nSPS) is 19.2. The summed E-state index contributed by atoms with van der Waals surface area (Å²) in [6.07, 6.45) is 11.2. The molecular weight excluding hydrogens is 247 g/mol. The Morgan fingerprint density at radius 2 is 1.50 bits per heavy atom. The number of hydrogen-bond donors (Lipinski definition) is 0. The van der Waals surface area contributed by atoms with E-state index in [1.165, 1.54) is 5.57 Å². The van der Waals surface area contributed by atoms with Crippen molar-refractivity contribution in [1.82, 2.24) is 0 Å². The molecular formula is C12H9MnO3. The van der Waals surface area contributed by atoms with E-state index < -0.39 is 0 Å². The van der Waals surface area contributed by atoms with Gasteiger partial charge in [0.25, 0.3) is 20.4 Å². The Morgan fingerprint density at radius 3 is 2.00 bits per heavy atom. The van der Waals surface area contributed by atoms with E-state index in [0.29, 0.717) is 4.82 Å². The molecule has 3 nitrogen and oxygen atoms in total. The molecule has 16 heavy (non-hydrogen) atoms. The van der Waals surface area contributed by atoms with Gasteiger partial charge in [0, 0.05) is 0 Å². The molecule has 2 aliphatic carbocycles. The molecule has 6 radical (unpaired) electrons. The molecule has 0 N–H and O–H groups in total. The molecule has 0 aliphatic heterocycles. The van der Waals surface area contributed by atoms with Gasteiger partial charge in [-0.25, -0.2) is 0 Å². The third-order valence-corrected chi connectivity index (χ3v) is 2.69. The van der Waals surface area contributed by atoms with Gasteiger partial charge in [-0.2, -0.15) is 0 Å². The first-order valence-electron chi connectivity index (χ1n) is 4.18. The molecule has 0 saturated heterocycles.